The molecule has 0 heterocycles. The number of hydrogen-bond acceptors (Lipinski definition) is 4. The van der Waals surface area contributed by atoms with Gasteiger partial charge in [0.1, 0.15) is 5.75 Å². The molecule has 0 radical (unpaired) electrons. The smallest absolute Gasteiger partial charge is 0.317 e. The van der Waals surface area contributed by atoms with Crippen LogP contribution < -0.4 is 10.1 Å². The van der Waals surface area contributed by atoms with Crippen LogP contribution in [0, 0.1) is 0 Å². The van der Waals surface area contributed by atoms with Crippen molar-refractivity contribution in [3.05, 3.63) is 24.3 Å². The Balaban J connectivity index is 2.77. The number of carboxylic acids is 1. The summed E-state index contributed by atoms with van der Waals surface area (Å²) in [5, 5.41) is 11.8. The van der Waals surface area contributed by atoms with Crippen LogP contribution in [0.4, 0.5) is 5.69 Å². The van der Waals surface area contributed by atoms with E-state index in [0.717, 1.165) is 6.42 Å². The molecule has 0 aromatic heterocycles. The van der Waals surface area contributed by atoms with Crippen LogP contribution in [0.3, 0.4) is 0 Å². The lowest BCUT2D eigenvalue weighted by Gasteiger charge is -2.28. The van der Waals surface area contributed by atoms with Gasteiger partial charge in [0.2, 0.25) is 5.91 Å². The van der Waals surface area contributed by atoms with E-state index in [9.17, 15) is 9.59 Å². The molecule has 122 valence electrons. The van der Waals surface area contributed by atoms with Crippen molar-refractivity contribution in [3.8, 4) is 5.75 Å². The average molecular weight is 308 g/mol. The quantitative estimate of drug-likeness (QED) is 0.731. The minimum Gasteiger partial charge on any atom is -0.497 e. The summed E-state index contributed by atoms with van der Waals surface area (Å²) in [4.78, 5) is 25.1. The SMILES string of the molecule is CCCN(CC(=O)O)C(CC)C(=O)Nc1ccc(OC)cc1. The van der Waals surface area contributed by atoms with Crippen LogP contribution >= 0.6 is 0 Å². The van der Waals surface area contributed by atoms with Crippen molar-refractivity contribution in [2.45, 2.75) is 32.7 Å². The van der Waals surface area contributed by atoms with Gasteiger partial charge in [-0.25, -0.2) is 0 Å². The number of hydrogen-bond donors (Lipinski definition) is 2. The number of carbonyl (C=O) groups is 2. The van der Waals surface area contributed by atoms with Gasteiger partial charge in [0, 0.05) is 5.69 Å². The summed E-state index contributed by atoms with van der Waals surface area (Å²) in [6, 6.07) is 6.57. The zero-order chi connectivity index (χ0) is 16.5. The third-order valence-corrected chi connectivity index (χ3v) is 3.34. The Labute approximate surface area is 131 Å². The van der Waals surface area contributed by atoms with E-state index in [-0.39, 0.29) is 12.5 Å². The lowest BCUT2D eigenvalue weighted by Crippen LogP contribution is -2.46. The van der Waals surface area contributed by atoms with Crippen LogP contribution in [-0.2, 0) is 9.59 Å². The molecule has 1 unspecified atom stereocenters. The predicted molar refractivity (Wildman–Crippen MR) is 85.2 cm³/mol. The van der Waals surface area contributed by atoms with Crippen LogP contribution in [0.25, 0.3) is 0 Å². The fraction of sp³-hybridized carbons (Fsp3) is 0.500. The monoisotopic (exact) mass is 308 g/mol. The Bertz CT molecular complexity index is 487. The highest BCUT2D eigenvalue weighted by atomic mass is 16.5. The Kier molecular flexibility index (Phi) is 7.39. The molecule has 0 saturated heterocycles. The summed E-state index contributed by atoms with van der Waals surface area (Å²) in [7, 11) is 1.58. The zero-order valence-electron chi connectivity index (χ0n) is 13.3. The minimum atomic E-state index is -0.927. The Morgan fingerprint density at radius 3 is 2.36 bits per heavy atom. The second kappa shape index (κ2) is 9.04. The Morgan fingerprint density at radius 2 is 1.91 bits per heavy atom. The van der Waals surface area contributed by atoms with Gasteiger partial charge in [-0.1, -0.05) is 13.8 Å². The van der Waals surface area contributed by atoms with E-state index in [1.54, 1.807) is 36.3 Å². The third kappa shape index (κ3) is 5.37. The number of anilines is 1. The highest BCUT2D eigenvalue weighted by Gasteiger charge is 2.25. The van der Waals surface area contributed by atoms with E-state index in [1.807, 2.05) is 13.8 Å². The number of carbonyl (C=O) groups excluding carboxylic acids is 1. The predicted octanol–water partition coefficient (Wildman–Crippen LogP) is 2.21. The molecule has 22 heavy (non-hydrogen) atoms. The summed E-state index contributed by atoms with van der Waals surface area (Å²) in [5.74, 6) is -0.407. The van der Waals surface area contributed by atoms with Crippen LogP contribution in [0.1, 0.15) is 26.7 Å². The first-order valence-electron chi connectivity index (χ1n) is 7.42. The van der Waals surface area contributed by atoms with E-state index >= 15 is 0 Å². The number of rotatable bonds is 9. The number of benzene rings is 1. The maximum absolute atomic E-state index is 12.4. The van der Waals surface area contributed by atoms with E-state index < -0.39 is 12.0 Å². The van der Waals surface area contributed by atoms with Gasteiger partial charge in [-0.15, -0.1) is 0 Å². The first-order chi connectivity index (χ1) is 10.5. The number of nitrogens with one attached hydrogen (secondary N) is 1. The highest BCUT2D eigenvalue weighted by molar-refractivity contribution is 5.95. The lowest BCUT2D eigenvalue weighted by atomic mass is 10.1. The maximum Gasteiger partial charge on any atom is 0.317 e. The van der Waals surface area contributed by atoms with Gasteiger partial charge in [0.15, 0.2) is 0 Å². The van der Waals surface area contributed by atoms with Crippen molar-refractivity contribution in [3.63, 3.8) is 0 Å². The second-order valence-corrected chi connectivity index (χ2v) is 5.01. The average Bonchev–Trinajstić information content (AvgIpc) is 2.48. The third-order valence-electron chi connectivity index (χ3n) is 3.34. The molecule has 1 amide bonds. The number of carboxylic acid groups (broad SMARTS) is 1. The molecule has 0 aliphatic rings. The Hall–Kier alpha value is -2.08. The van der Waals surface area contributed by atoms with Crippen molar-refractivity contribution in [2.24, 2.45) is 0 Å². The van der Waals surface area contributed by atoms with Gasteiger partial charge in [-0.3, -0.25) is 14.5 Å². The van der Waals surface area contributed by atoms with Crippen molar-refractivity contribution in [1.29, 1.82) is 0 Å². The summed E-state index contributed by atoms with van der Waals surface area (Å²) in [5.41, 5.74) is 0.663. The van der Waals surface area contributed by atoms with E-state index in [4.69, 9.17) is 9.84 Å². The zero-order valence-corrected chi connectivity index (χ0v) is 13.3. The van der Waals surface area contributed by atoms with Gasteiger partial charge in [-0.2, -0.15) is 0 Å². The maximum atomic E-state index is 12.4. The minimum absolute atomic E-state index is 0.137. The molecule has 0 bridgehead atoms. The summed E-state index contributed by atoms with van der Waals surface area (Å²) < 4.78 is 5.07. The highest BCUT2D eigenvalue weighted by Crippen LogP contribution is 2.16. The molecule has 1 rings (SSSR count). The number of nitrogens with zero attached hydrogens (tertiary/aromatic N) is 1. The molecule has 6 nitrogen and oxygen atoms in total. The van der Waals surface area contributed by atoms with E-state index in [0.29, 0.717) is 24.4 Å². The van der Waals surface area contributed by atoms with E-state index in [2.05, 4.69) is 5.32 Å². The summed E-state index contributed by atoms with van der Waals surface area (Å²) in [6.45, 7) is 4.27. The van der Waals surface area contributed by atoms with Crippen molar-refractivity contribution in [1.82, 2.24) is 4.90 Å². The standard InChI is InChI=1S/C16H24N2O4/c1-4-10-18(11-15(19)20)14(5-2)16(21)17-12-6-8-13(22-3)9-7-12/h6-9,14H,4-5,10-11H2,1-3H3,(H,17,21)(H,19,20). The first-order valence-corrected chi connectivity index (χ1v) is 7.42. The molecule has 1 aromatic carbocycles. The summed E-state index contributed by atoms with van der Waals surface area (Å²) in [6.07, 6.45) is 1.34. The van der Waals surface area contributed by atoms with Crippen molar-refractivity contribution >= 4 is 17.6 Å². The van der Waals surface area contributed by atoms with Crippen LogP contribution in [0.5, 0.6) is 5.75 Å². The fourth-order valence-corrected chi connectivity index (χ4v) is 2.32. The number of ether oxygens (including phenoxy) is 1. The molecular weight excluding hydrogens is 284 g/mol. The molecule has 1 atom stereocenters. The normalized spacial score (nSPS) is 12.0. The lowest BCUT2D eigenvalue weighted by molar-refractivity contribution is -0.139. The first kappa shape index (κ1) is 18.0. The largest absolute Gasteiger partial charge is 0.497 e. The topological polar surface area (TPSA) is 78.9 Å². The van der Waals surface area contributed by atoms with Crippen LogP contribution in [-0.4, -0.2) is 48.1 Å². The van der Waals surface area contributed by atoms with Gasteiger partial charge in [0.05, 0.1) is 19.7 Å². The van der Waals surface area contributed by atoms with Crippen LogP contribution in [0.15, 0.2) is 24.3 Å². The molecule has 0 fully saturated rings. The fourth-order valence-electron chi connectivity index (χ4n) is 2.32. The molecule has 0 aliphatic carbocycles. The molecule has 0 aliphatic heterocycles. The van der Waals surface area contributed by atoms with Gasteiger partial charge in [0.25, 0.3) is 0 Å². The molecule has 2 N–H and O–H groups in total. The van der Waals surface area contributed by atoms with Gasteiger partial charge >= 0.3 is 5.97 Å². The number of methoxy groups -OCH3 is 1. The van der Waals surface area contributed by atoms with Crippen molar-refractivity contribution in [2.75, 3.05) is 25.5 Å². The number of aliphatic carboxylic acids is 1. The molecule has 1 aromatic rings. The Morgan fingerprint density at radius 1 is 1.27 bits per heavy atom. The van der Waals surface area contributed by atoms with Gasteiger partial charge in [-0.05, 0) is 43.7 Å². The van der Waals surface area contributed by atoms with Gasteiger partial charge < -0.3 is 15.2 Å². The molecule has 0 saturated carbocycles. The second-order valence-electron chi connectivity index (χ2n) is 5.01. The molecule has 6 heteroatoms. The van der Waals surface area contributed by atoms with Crippen molar-refractivity contribution < 1.29 is 19.4 Å². The molecular formula is C16H24N2O4. The molecule has 0 spiro atoms. The van der Waals surface area contributed by atoms with E-state index in [1.165, 1.54) is 0 Å². The van der Waals surface area contributed by atoms with Crippen LogP contribution in [0.2, 0.25) is 0 Å². The summed E-state index contributed by atoms with van der Waals surface area (Å²) >= 11 is 0. The number of amides is 1.